The third-order valence-corrected chi connectivity index (χ3v) is 1.54. The fraction of sp³-hybridized carbons (Fsp3) is 0.200. The summed E-state index contributed by atoms with van der Waals surface area (Å²) in [5.74, 6) is 3.07. The predicted octanol–water partition coefficient (Wildman–Crippen LogP) is 1.93. The lowest BCUT2D eigenvalue weighted by Gasteiger charge is -2.06. The van der Waals surface area contributed by atoms with Crippen LogP contribution in [0, 0.1) is 11.8 Å². The highest BCUT2D eigenvalue weighted by atomic mass is 19.4. The van der Waals surface area contributed by atoms with Gasteiger partial charge in [-0.25, -0.2) is 0 Å². The van der Waals surface area contributed by atoms with Gasteiger partial charge in [-0.1, -0.05) is 11.8 Å². The molecule has 0 saturated heterocycles. The average molecular weight is 229 g/mol. The summed E-state index contributed by atoms with van der Waals surface area (Å²) in [7, 11) is 0. The van der Waals surface area contributed by atoms with E-state index in [-0.39, 0.29) is 5.56 Å². The second kappa shape index (κ2) is 4.66. The van der Waals surface area contributed by atoms with Crippen molar-refractivity contribution in [3.05, 3.63) is 29.6 Å². The first-order valence-electron chi connectivity index (χ1n) is 4.14. The zero-order chi connectivity index (χ0) is 12.2. The van der Waals surface area contributed by atoms with Gasteiger partial charge in [-0.05, 0) is 12.1 Å². The summed E-state index contributed by atoms with van der Waals surface area (Å²) in [4.78, 5) is 13.3. The number of aliphatic carboxylic acids is 1. The van der Waals surface area contributed by atoms with Crippen LogP contribution in [0.3, 0.4) is 0 Å². The molecule has 84 valence electrons. The molecule has 1 aromatic rings. The first-order chi connectivity index (χ1) is 7.41. The van der Waals surface area contributed by atoms with E-state index in [2.05, 4.69) is 16.8 Å². The minimum atomic E-state index is -4.59. The lowest BCUT2D eigenvalue weighted by Crippen LogP contribution is -2.10. The third-order valence-electron chi connectivity index (χ3n) is 1.54. The number of halogens is 3. The van der Waals surface area contributed by atoms with Crippen molar-refractivity contribution in [3.8, 4) is 11.8 Å². The number of rotatable bonds is 1. The minimum absolute atomic E-state index is 0.323. The van der Waals surface area contributed by atoms with Crippen molar-refractivity contribution in [2.24, 2.45) is 0 Å². The Bertz CT molecular complexity index is 457. The molecule has 0 aromatic carbocycles. The van der Waals surface area contributed by atoms with Gasteiger partial charge >= 0.3 is 12.1 Å². The van der Waals surface area contributed by atoms with Crippen molar-refractivity contribution in [1.29, 1.82) is 0 Å². The summed E-state index contributed by atoms with van der Waals surface area (Å²) < 4.78 is 37.2. The number of alkyl halides is 3. The van der Waals surface area contributed by atoms with Crippen LogP contribution < -0.4 is 0 Å². The molecule has 1 aromatic heterocycles. The monoisotopic (exact) mass is 229 g/mol. The van der Waals surface area contributed by atoms with Gasteiger partial charge in [0.1, 0.15) is 6.42 Å². The number of carboxylic acids is 1. The van der Waals surface area contributed by atoms with Gasteiger partial charge in [-0.3, -0.25) is 9.78 Å². The highest BCUT2D eigenvalue weighted by molar-refractivity contribution is 5.70. The Balaban J connectivity index is 3.03. The van der Waals surface area contributed by atoms with E-state index in [1.807, 2.05) is 0 Å². The first-order valence-corrected chi connectivity index (χ1v) is 4.14. The lowest BCUT2D eigenvalue weighted by molar-refractivity contribution is -0.141. The van der Waals surface area contributed by atoms with Gasteiger partial charge < -0.3 is 5.11 Å². The first kappa shape index (κ1) is 12.0. The highest BCUT2D eigenvalue weighted by Gasteiger charge is 2.34. The summed E-state index contributed by atoms with van der Waals surface area (Å²) >= 11 is 0. The molecule has 6 heteroatoms. The Labute approximate surface area is 88.9 Å². The standard InChI is InChI=1S/C10H6F3NO2/c11-10(12,13)9-7(4-2-6-14-9)3-1-5-8(15)16/h2,4,6H,5H2,(H,15,16). The summed E-state index contributed by atoms with van der Waals surface area (Å²) in [6.45, 7) is 0. The summed E-state index contributed by atoms with van der Waals surface area (Å²) in [5.41, 5.74) is -1.43. The number of aromatic nitrogens is 1. The molecule has 0 aliphatic rings. The van der Waals surface area contributed by atoms with Crippen LogP contribution >= 0.6 is 0 Å². The Kier molecular flexibility index (Phi) is 3.51. The number of hydrogen-bond donors (Lipinski definition) is 1. The molecule has 1 heterocycles. The van der Waals surface area contributed by atoms with Gasteiger partial charge in [0.25, 0.3) is 0 Å². The molecule has 0 saturated carbocycles. The number of nitrogens with zero attached hydrogens (tertiary/aromatic N) is 1. The molecule has 0 amide bonds. The molecule has 0 spiro atoms. The van der Waals surface area contributed by atoms with Gasteiger partial charge in [-0.2, -0.15) is 13.2 Å². The van der Waals surface area contributed by atoms with E-state index in [0.717, 1.165) is 12.3 Å². The van der Waals surface area contributed by atoms with E-state index < -0.39 is 24.3 Å². The molecule has 0 fully saturated rings. The predicted molar refractivity (Wildman–Crippen MR) is 48.4 cm³/mol. The van der Waals surface area contributed by atoms with Crippen LogP contribution in [0.15, 0.2) is 18.3 Å². The summed E-state index contributed by atoms with van der Waals surface area (Å²) in [6, 6.07) is 2.45. The van der Waals surface area contributed by atoms with E-state index in [0.29, 0.717) is 0 Å². The highest BCUT2D eigenvalue weighted by Crippen LogP contribution is 2.29. The second-order valence-corrected chi connectivity index (χ2v) is 2.77. The maximum absolute atomic E-state index is 12.4. The van der Waals surface area contributed by atoms with E-state index >= 15 is 0 Å². The van der Waals surface area contributed by atoms with Crippen molar-refractivity contribution in [1.82, 2.24) is 4.98 Å². The Hall–Kier alpha value is -2.03. The topological polar surface area (TPSA) is 50.2 Å². The van der Waals surface area contributed by atoms with Crippen molar-refractivity contribution in [3.63, 3.8) is 0 Å². The van der Waals surface area contributed by atoms with Crippen molar-refractivity contribution < 1.29 is 23.1 Å². The minimum Gasteiger partial charge on any atom is -0.481 e. The molecule has 0 bridgehead atoms. The fourth-order valence-electron chi connectivity index (χ4n) is 0.947. The molecular weight excluding hydrogens is 223 g/mol. The average Bonchev–Trinajstić information content (AvgIpc) is 2.16. The van der Waals surface area contributed by atoms with Crippen LogP contribution in [0.1, 0.15) is 17.7 Å². The Morgan fingerprint density at radius 1 is 1.50 bits per heavy atom. The smallest absolute Gasteiger partial charge is 0.434 e. The zero-order valence-electron chi connectivity index (χ0n) is 7.88. The van der Waals surface area contributed by atoms with E-state index in [1.165, 1.54) is 6.07 Å². The van der Waals surface area contributed by atoms with Gasteiger partial charge in [0, 0.05) is 6.20 Å². The van der Waals surface area contributed by atoms with Crippen LogP contribution in [-0.4, -0.2) is 16.1 Å². The molecular formula is C10H6F3NO2. The number of pyridine rings is 1. The normalized spacial score (nSPS) is 10.4. The zero-order valence-corrected chi connectivity index (χ0v) is 7.88. The summed E-state index contributed by atoms with van der Waals surface area (Å²) in [6.07, 6.45) is -4.09. The van der Waals surface area contributed by atoms with Crippen molar-refractivity contribution in [2.45, 2.75) is 12.6 Å². The van der Waals surface area contributed by atoms with E-state index in [1.54, 1.807) is 0 Å². The van der Waals surface area contributed by atoms with E-state index in [9.17, 15) is 18.0 Å². The van der Waals surface area contributed by atoms with Crippen LogP contribution in [0.4, 0.5) is 13.2 Å². The maximum atomic E-state index is 12.4. The van der Waals surface area contributed by atoms with E-state index in [4.69, 9.17) is 5.11 Å². The second-order valence-electron chi connectivity index (χ2n) is 2.77. The summed E-state index contributed by atoms with van der Waals surface area (Å²) in [5, 5.41) is 8.28. The fourth-order valence-corrected chi connectivity index (χ4v) is 0.947. The van der Waals surface area contributed by atoms with Crippen LogP contribution in [0.5, 0.6) is 0 Å². The third kappa shape index (κ3) is 3.28. The quantitative estimate of drug-likeness (QED) is 0.748. The van der Waals surface area contributed by atoms with Gasteiger partial charge in [-0.15, -0.1) is 0 Å². The largest absolute Gasteiger partial charge is 0.481 e. The lowest BCUT2D eigenvalue weighted by atomic mass is 10.2. The molecule has 16 heavy (non-hydrogen) atoms. The molecule has 0 radical (unpaired) electrons. The number of hydrogen-bond acceptors (Lipinski definition) is 2. The molecule has 1 rings (SSSR count). The van der Waals surface area contributed by atoms with Gasteiger partial charge in [0.2, 0.25) is 0 Å². The number of carboxylic acid groups (broad SMARTS) is 1. The van der Waals surface area contributed by atoms with Gasteiger partial charge in [0.05, 0.1) is 5.56 Å². The van der Waals surface area contributed by atoms with Crippen molar-refractivity contribution in [2.75, 3.05) is 0 Å². The van der Waals surface area contributed by atoms with Crippen molar-refractivity contribution >= 4 is 5.97 Å². The Morgan fingerprint density at radius 3 is 2.75 bits per heavy atom. The van der Waals surface area contributed by atoms with Crippen LogP contribution in [0.25, 0.3) is 0 Å². The molecule has 0 atom stereocenters. The van der Waals surface area contributed by atoms with Crippen LogP contribution in [-0.2, 0) is 11.0 Å². The van der Waals surface area contributed by atoms with Crippen LogP contribution in [0.2, 0.25) is 0 Å². The molecule has 0 aliphatic heterocycles. The van der Waals surface area contributed by atoms with Gasteiger partial charge in [0.15, 0.2) is 5.69 Å². The Morgan fingerprint density at radius 2 is 2.19 bits per heavy atom. The number of carbonyl (C=O) groups is 1. The maximum Gasteiger partial charge on any atom is 0.434 e. The molecule has 3 nitrogen and oxygen atoms in total. The molecule has 1 N–H and O–H groups in total. The molecule has 0 aliphatic carbocycles. The SMILES string of the molecule is O=C(O)CC#Cc1cccnc1C(F)(F)F. The molecule has 0 unspecified atom stereocenters.